The Hall–Kier alpha value is -1.35. The number of carbonyl (C=O) groups excluding carboxylic acids is 1. The average molecular weight is 249 g/mol. The molecule has 0 spiro atoms. The summed E-state index contributed by atoms with van der Waals surface area (Å²) in [5.74, 6) is 0.0231. The molecular formula is C15H23NO2. The molecular weight excluding hydrogens is 226 g/mol. The first-order valence-electron chi connectivity index (χ1n) is 6.46. The molecule has 3 nitrogen and oxygen atoms in total. The lowest BCUT2D eigenvalue weighted by Crippen LogP contribution is -2.43. The molecule has 2 N–H and O–H groups in total. The zero-order chi connectivity index (χ0) is 13.6. The fourth-order valence-electron chi connectivity index (χ4n) is 1.85. The minimum absolute atomic E-state index is 0.0231. The minimum atomic E-state index is -0.477. The van der Waals surface area contributed by atoms with Crippen LogP contribution >= 0.6 is 0 Å². The van der Waals surface area contributed by atoms with E-state index in [1.165, 1.54) is 5.56 Å². The number of aliphatic hydroxyl groups excluding tert-OH is 1. The first-order valence-corrected chi connectivity index (χ1v) is 6.46. The highest BCUT2D eigenvalue weighted by atomic mass is 16.3. The fourth-order valence-corrected chi connectivity index (χ4v) is 1.85. The largest absolute Gasteiger partial charge is 0.393 e. The Kier molecular flexibility index (Phi) is 5.35. The third-order valence-corrected chi connectivity index (χ3v) is 3.47. The van der Waals surface area contributed by atoms with Gasteiger partial charge in [0.2, 0.25) is 5.91 Å². The van der Waals surface area contributed by atoms with Gasteiger partial charge in [-0.2, -0.15) is 0 Å². The van der Waals surface area contributed by atoms with E-state index < -0.39 is 6.10 Å². The maximum atomic E-state index is 11.3. The van der Waals surface area contributed by atoms with Gasteiger partial charge in [-0.25, -0.2) is 0 Å². The van der Waals surface area contributed by atoms with Crippen molar-refractivity contribution in [3.8, 4) is 0 Å². The van der Waals surface area contributed by atoms with Gasteiger partial charge in [0.05, 0.1) is 6.10 Å². The Bertz CT molecular complexity index is 375. The maximum absolute atomic E-state index is 11.3. The van der Waals surface area contributed by atoms with Gasteiger partial charge in [-0.15, -0.1) is 0 Å². The monoisotopic (exact) mass is 249 g/mol. The summed E-state index contributed by atoms with van der Waals surface area (Å²) in [4.78, 5) is 11.3. The van der Waals surface area contributed by atoms with Crippen LogP contribution in [0.5, 0.6) is 0 Å². The van der Waals surface area contributed by atoms with Crippen LogP contribution in [-0.4, -0.2) is 23.7 Å². The number of aliphatic hydroxyl groups is 1. The van der Waals surface area contributed by atoms with E-state index in [-0.39, 0.29) is 11.3 Å². The van der Waals surface area contributed by atoms with Gasteiger partial charge in [0.25, 0.3) is 0 Å². The van der Waals surface area contributed by atoms with E-state index in [4.69, 9.17) is 0 Å². The number of hydrogen-bond acceptors (Lipinski definition) is 2. The molecule has 0 fully saturated rings. The molecule has 100 valence electrons. The van der Waals surface area contributed by atoms with Gasteiger partial charge >= 0.3 is 0 Å². The van der Waals surface area contributed by atoms with Crippen LogP contribution in [0.25, 0.3) is 0 Å². The molecule has 0 aliphatic rings. The van der Waals surface area contributed by atoms with Gasteiger partial charge in [-0.1, -0.05) is 44.2 Å². The van der Waals surface area contributed by atoms with E-state index in [0.717, 1.165) is 6.42 Å². The van der Waals surface area contributed by atoms with Gasteiger partial charge in [-0.05, 0) is 18.9 Å². The van der Waals surface area contributed by atoms with Gasteiger partial charge in [0.15, 0.2) is 0 Å². The lowest BCUT2D eigenvalue weighted by Gasteiger charge is -2.33. The first kappa shape index (κ1) is 14.7. The predicted molar refractivity (Wildman–Crippen MR) is 73.2 cm³/mol. The van der Waals surface area contributed by atoms with Crippen molar-refractivity contribution in [2.75, 3.05) is 6.54 Å². The van der Waals surface area contributed by atoms with Crippen molar-refractivity contribution in [3.05, 3.63) is 35.9 Å². The predicted octanol–water partition coefficient (Wildman–Crippen LogP) is 2.14. The Morgan fingerprint density at radius 2 is 2.00 bits per heavy atom. The number of benzene rings is 1. The summed E-state index contributed by atoms with van der Waals surface area (Å²) >= 11 is 0. The van der Waals surface area contributed by atoms with E-state index in [2.05, 4.69) is 5.32 Å². The molecule has 3 heteroatoms. The third kappa shape index (κ3) is 4.15. The topological polar surface area (TPSA) is 49.3 Å². The van der Waals surface area contributed by atoms with Gasteiger partial charge in [0.1, 0.15) is 0 Å². The highest BCUT2D eigenvalue weighted by Gasteiger charge is 2.30. The summed E-state index contributed by atoms with van der Waals surface area (Å²) < 4.78 is 0. The number of hydrogen-bond donors (Lipinski definition) is 2. The second-order valence-electron chi connectivity index (χ2n) is 5.12. The number of rotatable bonds is 6. The lowest BCUT2D eigenvalue weighted by molar-refractivity contribution is -0.121. The molecule has 0 radical (unpaired) electrons. The van der Waals surface area contributed by atoms with Crippen molar-refractivity contribution in [2.45, 2.75) is 39.7 Å². The SMILES string of the molecule is CCC(=O)NC[C@@](C)(Cc1ccccc1)[C@@H](C)O. The summed E-state index contributed by atoms with van der Waals surface area (Å²) in [7, 11) is 0. The fraction of sp³-hybridized carbons (Fsp3) is 0.533. The highest BCUT2D eigenvalue weighted by Crippen LogP contribution is 2.26. The number of carbonyl (C=O) groups is 1. The van der Waals surface area contributed by atoms with Crippen molar-refractivity contribution in [1.29, 1.82) is 0 Å². The molecule has 0 heterocycles. The van der Waals surface area contributed by atoms with Crippen LogP contribution < -0.4 is 5.32 Å². The normalized spacial score (nSPS) is 15.8. The van der Waals surface area contributed by atoms with E-state index in [0.29, 0.717) is 13.0 Å². The van der Waals surface area contributed by atoms with Crippen LogP contribution in [0.4, 0.5) is 0 Å². The number of nitrogens with one attached hydrogen (secondary N) is 1. The molecule has 0 bridgehead atoms. The Morgan fingerprint density at radius 3 is 2.50 bits per heavy atom. The molecule has 2 atom stereocenters. The van der Waals surface area contributed by atoms with Gasteiger partial charge in [0, 0.05) is 18.4 Å². The summed E-state index contributed by atoms with van der Waals surface area (Å²) in [6.45, 7) is 6.10. The van der Waals surface area contributed by atoms with E-state index >= 15 is 0 Å². The van der Waals surface area contributed by atoms with Crippen molar-refractivity contribution in [3.63, 3.8) is 0 Å². The van der Waals surface area contributed by atoms with Gasteiger partial charge < -0.3 is 10.4 Å². The molecule has 0 aromatic heterocycles. The summed E-state index contributed by atoms with van der Waals surface area (Å²) in [6.07, 6.45) is 0.742. The Labute approximate surface area is 109 Å². The Balaban J connectivity index is 2.71. The third-order valence-electron chi connectivity index (χ3n) is 3.47. The molecule has 1 rings (SSSR count). The molecule has 0 aliphatic heterocycles. The van der Waals surface area contributed by atoms with E-state index in [1.54, 1.807) is 6.92 Å². The molecule has 1 amide bonds. The van der Waals surface area contributed by atoms with Crippen LogP contribution in [-0.2, 0) is 11.2 Å². The van der Waals surface area contributed by atoms with Crippen molar-refractivity contribution in [1.82, 2.24) is 5.32 Å². The standard InChI is InChI=1S/C15H23NO2/c1-4-14(18)16-11-15(3,12(2)17)10-13-8-6-5-7-9-13/h5-9,12,17H,4,10-11H2,1-3H3,(H,16,18)/t12-,15-/m1/s1. The molecule has 1 aromatic rings. The van der Waals surface area contributed by atoms with Crippen LogP contribution in [0.2, 0.25) is 0 Å². The first-order chi connectivity index (χ1) is 8.48. The molecule has 0 aliphatic carbocycles. The Morgan fingerprint density at radius 1 is 1.39 bits per heavy atom. The number of amides is 1. The van der Waals surface area contributed by atoms with Crippen LogP contribution in [0.3, 0.4) is 0 Å². The van der Waals surface area contributed by atoms with Crippen molar-refractivity contribution in [2.24, 2.45) is 5.41 Å². The molecule has 0 unspecified atom stereocenters. The smallest absolute Gasteiger partial charge is 0.219 e. The van der Waals surface area contributed by atoms with E-state index in [1.807, 2.05) is 44.2 Å². The van der Waals surface area contributed by atoms with Crippen LogP contribution in [0.15, 0.2) is 30.3 Å². The molecule has 0 saturated carbocycles. The average Bonchev–Trinajstić information content (AvgIpc) is 2.37. The molecule has 1 aromatic carbocycles. The quantitative estimate of drug-likeness (QED) is 0.811. The van der Waals surface area contributed by atoms with E-state index in [9.17, 15) is 9.90 Å². The van der Waals surface area contributed by atoms with Crippen LogP contribution in [0.1, 0.15) is 32.8 Å². The van der Waals surface area contributed by atoms with Gasteiger partial charge in [-0.3, -0.25) is 4.79 Å². The van der Waals surface area contributed by atoms with Crippen molar-refractivity contribution >= 4 is 5.91 Å². The minimum Gasteiger partial charge on any atom is -0.393 e. The second-order valence-corrected chi connectivity index (χ2v) is 5.12. The second kappa shape index (κ2) is 6.55. The summed E-state index contributed by atoms with van der Waals surface area (Å²) in [5.41, 5.74) is 0.832. The summed E-state index contributed by atoms with van der Waals surface area (Å²) in [5, 5.41) is 12.8. The highest BCUT2D eigenvalue weighted by molar-refractivity contribution is 5.75. The van der Waals surface area contributed by atoms with Crippen molar-refractivity contribution < 1.29 is 9.90 Å². The molecule has 18 heavy (non-hydrogen) atoms. The maximum Gasteiger partial charge on any atom is 0.219 e. The lowest BCUT2D eigenvalue weighted by atomic mass is 9.79. The molecule has 0 saturated heterocycles. The summed E-state index contributed by atoms with van der Waals surface area (Å²) in [6, 6.07) is 10.0. The van der Waals surface area contributed by atoms with Crippen LogP contribution in [0, 0.1) is 5.41 Å². The zero-order valence-corrected chi connectivity index (χ0v) is 11.4. The zero-order valence-electron chi connectivity index (χ0n) is 11.4.